The molecule has 0 spiro atoms. The quantitative estimate of drug-likeness (QED) is 0.870. The second-order valence-corrected chi connectivity index (χ2v) is 5.07. The molecule has 1 fully saturated rings. The third-order valence-electron chi connectivity index (χ3n) is 3.45. The molecular formula is C16H11F2N3O2. The van der Waals surface area contributed by atoms with E-state index in [0.717, 1.165) is 12.1 Å². The number of hydrogen-bond acceptors (Lipinski definition) is 4. The third-order valence-corrected chi connectivity index (χ3v) is 3.45. The van der Waals surface area contributed by atoms with Crippen LogP contribution in [0.3, 0.4) is 0 Å². The molecule has 0 unspecified atom stereocenters. The largest absolute Gasteiger partial charge is 0.471 e. The predicted octanol–water partition coefficient (Wildman–Crippen LogP) is 2.13. The first kappa shape index (κ1) is 14.9. The maximum Gasteiger partial charge on any atom is 0.254 e. The normalized spacial score (nSPS) is 14.0. The highest BCUT2D eigenvalue weighted by Crippen LogP contribution is 2.20. The number of benzene rings is 1. The molecule has 1 aromatic carbocycles. The first-order valence-electron chi connectivity index (χ1n) is 6.84. The highest BCUT2D eigenvalue weighted by atomic mass is 19.2. The van der Waals surface area contributed by atoms with E-state index in [9.17, 15) is 13.6 Å². The van der Waals surface area contributed by atoms with Gasteiger partial charge in [-0.05, 0) is 24.3 Å². The van der Waals surface area contributed by atoms with Gasteiger partial charge in [-0.15, -0.1) is 0 Å². The van der Waals surface area contributed by atoms with Gasteiger partial charge in [-0.2, -0.15) is 5.26 Å². The summed E-state index contributed by atoms with van der Waals surface area (Å²) in [4.78, 5) is 17.6. The molecule has 23 heavy (non-hydrogen) atoms. The molecule has 2 aromatic rings. The van der Waals surface area contributed by atoms with Gasteiger partial charge >= 0.3 is 0 Å². The topological polar surface area (TPSA) is 66.2 Å². The van der Waals surface area contributed by atoms with Crippen LogP contribution in [-0.2, 0) is 0 Å². The van der Waals surface area contributed by atoms with Crippen LogP contribution in [0.2, 0.25) is 0 Å². The fraction of sp³-hybridized carbons (Fsp3) is 0.188. The number of hydrogen-bond donors (Lipinski definition) is 0. The Morgan fingerprint density at radius 2 is 2.04 bits per heavy atom. The van der Waals surface area contributed by atoms with Crippen molar-refractivity contribution in [3.05, 3.63) is 59.3 Å². The third kappa shape index (κ3) is 3.11. The number of aromatic nitrogens is 1. The van der Waals surface area contributed by atoms with Crippen LogP contribution in [0.15, 0.2) is 36.5 Å². The molecule has 5 nitrogen and oxygen atoms in total. The minimum Gasteiger partial charge on any atom is -0.471 e. The number of amides is 1. The first-order valence-corrected chi connectivity index (χ1v) is 6.84. The smallest absolute Gasteiger partial charge is 0.254 e. The number of ether oxygens (including phenoxy) is 1. The van der Waals surface area contributed by atoms with E-state index in [1.165, 1.54) is 23.2 Å². The summed E-state index contributed by atoms with van der Waals surface area (Å²) in [6, 6.07) is 8.11. The van der Waals surface area contributed by atoms with Crippen LogP contribution in [-0.4, -0.2) is 35.0 Å². The first-order chi connectivity index (χ1) is 11.1. The van der Waals surface area contributed by atoms with E-state index in [1.54, 1.807) is 6.07 Å². The van der Waals surface area contributed by atoms with Crippen molar-refractivity contribution in [1.82, 2.24) is 9.88 Å². The summed E-state index contributed by atoms with van der Waals surface area (Å²) in [7, 11) is 0. The summed E-state index contributed by atoms with van der Waals surface area (Å²) in [6.45, 7) is 0.632. The molecule has 0 aliphatic carbocycles. The summed E-state index contributed by atoms with van der Waals surface area (Å²) in [5.41, 5.74) is 0.524. The maximum atomic E-state index is 13.2. The maximum absolute atomic E-state index is 13.2. The van der Waals surface area contributed by atoms with Crippen LogP contribution in [0, 0.1) is 23.0 Å². The van der Waals surface area contributed by atoms with Gasteiger partial charge in [0.25, 0.3) is 5.91 Å². The fourth-order valence-electron chi connectivity index (χ4n) is 2.20. The molecule has 7 heteroatoms. The highest BCUT2D eigenvalue weighted by molar-refractivity contribution is 5.94. The molecule has 0 radical (unpaired) electrons. The van der Waals surface area contributed by atoms with Gasteiger partial charge in [0.1, 0.15) is 6.10 Å². The Labute approximate surface area is 130 Å². The van der Waals surface area contributed by atoms with Crippen molar-refractivity contribution >= 4 is 5.91 Å². The number of carbonyl (C=O) groups excluding carboxylic acids is 1. The van der Waals surface area contributed by atoms with Crippen LogP contribution in [0.1, 0.15) is 15.9 Å². The van der Waals surface area contributed by atoms with Crippen LogP contribution >= 0.6 is 0 Å². The van der Waals surface area contributed by atoms with Gasteiger partial charge in [0.05, 0.1) is 24.7 Å². The second-order valence-electron chi connectivity index (χ2n) is 5.07. The van der Waals surface area contributed by atoms with Crippen molar-refractivity contribution < 1.29 is 18.3 Å². The van der Waals surface area contributed by atoms with Gasteiger partial charge in [-0.1, -0.05) is 0 Å². The Bertz CT molecular complexity index is 798. The van der Waals surface area contributed by atoms with Crippen molar-refractivity contribution in [2.24, 2.45) is 0 Å². The van der Waals surface area contributed by atoms with E-state index < -0.39 is 11.6 Å². The van der Waals surface area contributed by atoms with Gasteiger partial charge < -0.3 is 9.64 Å². The SMILES string of the molecule is N#Cc1ccnc(OC2CN(C(=O)c3ccc(F)c(F)c3)C2)c1. The molecular weight excluding hydrogens is 304 g/mol. The fourth-order valence-corrected chi connectivity index (χ4v) is 2.20. The zero-order valence-corrected chi connectivity index (χ0v) is 11.9. The number of nitrogens with zero attached hydrogens (tertiary/aromatic N) is 3. The lowest BCUT2D eigenvalue weighted by Crippen LogP contribution is -2.56. The van der Waals surface area contributed by atoms with Crippen LogP contribution in [0.4, 0.5) is 8.78 Å². The summed E-state index contributed by atoms with van der Waals surface area (Å²) in [5.74, 6) is -2.12. The van der Waals surface area contributed by atoms with Gasteiger partial charge in [0.2, 0.25) is 5.88 Å². The van der Waals surface area contributed by atoms with E-state index in [1.807, 2.05) is 6.07 Å². The molecule has 116 valence electrons. The molecule has 3 rings (SSSR count). The Hall–Kier alpha value is -3.01. The molecule has 0 atom stereocenters. The van der Waals surface area contributed by atoms with Gasteiger partial charge in [-0.3, -0.25) is 4.79 Å². The Morgan fingerprint density at radius 3 is 2.74 bits per heavy atom. The lowest BCUT2D eigenvalue weighted by Gasteiger charge is -2.38. The predicted molar refractivity (Wildman–Crippen MR) is 75.6 cm³/mol. The average Bonchev–Trinajstić information content (AvgIpc) is 2.52. The Kier molecular flexibility index (Phi) is 3.89. The van der Waals surface area contributed by atoms with Crippen LogP contribution in [0.25, 0.3) is 0 Å². The van der Waals surface area contributed by atoms with Crippen molar-refractivity contribution in [1.29, 1.82) is 5.26 Å². The lowest BCUT2D eigenvalue weighted by molar-refractivity contribution is 0.0159. The van der Waals surface area contributed by atoms with Crippen molar-refractivity contribution in [3.63, 3.8) is 0 Å². The van der Waals surface area contributed by atoms with Crippen molar-refractivity contribution in [2.45, 2.75) is 6.10 Å². The van der Waals surface area contributed by atoms with E-state index >= 15 is 0 Å². The molecule has 0 bridgehead atoms. The molecule has 1 aromatic heterocycles. The number of likely N-dealkylation sites (tertiary alicyclic amines) is 1. The van der Waals surface area contributed by atoms with Gasteiger partial charge in [-0.25, -0.2) is 13.8 Å². The number of carbonyl (C=O) groups is 1. The van der Waals surface area contributed by atoms with E-state index in [2.05, 4.69) is 4.98 Å². The number of rotatable bonds is 3. The van der Waals surface area contributed by atoms with Gasteiger partial charge in [0, 0.05) is 17.8 Å². The van der Waals surface area contributed by atoms with Crippen molar-refractivity contribution in [2.75, 3.05) is 13.1 Å². The molecule has 1 aliphatic rings. The Balaban J connectivity index is 1.59. The molecule has 1 aliphatic heterocycles. The highest BCUT2D eigenvalue weighted by Gasteiger charge is 2.33. The molecule has 1 saturated heterocycles. The Morgan fingerprint density at radius 1 is 1.26 bits per heavy atom. The molecule has 0 saturated carbocycles. The van der Waals surface area contributed by atoms with Crippen molar-refractivity contribution in [3.8, 4) is 11.9 Å². The van der Waals surface area contributed by atoms with Gasteiger partial charge in [0.15, 0.2) is 11.6 Å². The molecule has 1 amide bonds. The minimum absolute atomic E-state index is 0.0898. The van der Waals surface area contributed by atoms with E-state index in [0.29, 0.717) is 24.5 Å². The van der Waals surface area contributed by atoms with Crippen LogP contribution in [0.5, 0.6) is 5.88 Å². The number of nitriles is 1. The molecule has 0 N–H and O–H groups in total. The zero-order valence-electron chi connectivity index (χ0n) is 11.9. The monoisotopic (exact) mass is 315 g/mol. The summed E-state index contributed by atoms with van der Waals surface area (Å²) < 4.78 is 31.6. The zero-order chi connectivity index (χ0) is 16.4. The van der Waals surface area contributed by atoms with E-state index in [-0.39, 0.29) is 17.6 Å². The number of pyridine rings is 1. The summed E-state index contributed by atoms with van der Waals surface area (Å²) in [6.07, 6.45) is 1.22. The van der Waals surface area contributed by atoms with E-state index in [4.69, 9.17) is 10.00 Å². The van der Waals surface area contributed by atoms with Crippen LogP contribution < -0.4 is 4.74 Å². The standard InChI is InChI=1S/C16H11F2N3O2/c17-13-2-1-11(6-14(13)18)16(22)21-8-12(9-21)23-15-5-10(7-19)3-4-20-15/h1-6,12H,8-9H2. The summed E-state index contributed by atoms with van der Waals surface area (Å²) in [5, 5.41) is 8.81. The second kappa shape index (κ2) is 6.01. The summed E-state index contributed by atoms with van der Waals surface area (Å²) >= 11 is 0. The average molecular weight is 315 g/mol. The lowest BCUT2D eigenvalue weighted by atomic mass is 10.1. The number of halogens is 2. The minimum atomic E-state index is -1.05. The molecule has 2 heterocycles.